The second kappa shape index (κ2) is 12.9. The zero-order valence-electron chi connectivity index (χ0n) is 19.6. The third-order valence-corrected chi connectivity index (χ3v) is 5.91. The Kier molecular flexibility index (Phi) is 9.68. The Balaban J connectivity index is 1.64. The van der Waals surface area contributed by atoms with Crippen LogP contribution in [0.25, 0.3) is 22.3 Å². The van der Waals surface area contributed by atoms with Crippen LogP contribution < -0.4 is 4.74 Å². The fourth-order valence-electron chi connectivity index (χ4n) is 3.90. The molecule has 0 aliphatic rings. The molecule has 0 aliphatic carbocycles. The minimum absolute atomic E-state index is 0.0318. The average molecular weight is 449 g/mol. The molecule has 3 rings (SSSR count). The van der Waals surface area contributed by atoms with Crippen molar-refractivity contribution in [2.75, 3.05) is 6.61 Å². The van der Waals surface area contributed by atoms with E-state index in [-0.39, 0.29) is 11.3 Å². The van der Waals surface area contributed by atoms with Crippen molar-refractivity contribution >= 4 is 0 Å². The molecule has 3 aromatic rings. The van der Waals surface area contributed by atoms with Crippen LogP contribution in [0, 0.1) is 11.6 Å². The topological polar surface area (TPSA) is 9.23 Å². The summed E-state index contributed by atoms with van der Waals surface area (Å²) in [5.41, 5.74) is 4.40. The van der Waals surface area contributed by atoms with Gasteiger partial charge >= 0.3 is 0 Å². The van der Waals surface area contributed by atoms with Crippen molar-refractivity contribution in [3.63, 3.8) is 0 Å². The molecule has 3 heteroatoms. The van der Waals surface area contributed by atoms with E-state index in [1.54, 1.807) is 6.07 Å². The summed E-state index contributed by atoms with van der Waals surface area (Å²) in [6, 6.07) is 19.3. The molecule has 33 heavy (non-hydrogen) atoms. The third kappa shape index (κ3) is 7.02. The molecular weight excluding hydrogens is 414 g/mol. The van der Waals surface area contributed by atoms with E-state index in [1.807, 2.05) is 30.3 Å². The number of halogens is 2. The van der Waals surface area contributed by atoms with Gasteiger partial charge in [-0.3, -0.25) is 0 Å². The summed E-state index contributed by atoms with van der Waals surface area (Å²) in [5, 5.41) is 0. The maximum atomic E-state index is 14.8. The van der Waals surface area contributed by atoms with Gasteiger partial charge in [-0.05, 0) is 72.9 Å². The molecule has 1 nitrogen and oxygen atoms in total. The molecule has 0 radical (unpaired) electrons. The number of rotatable bonds is 13. The lowest BCUT2D eigenvalue weighted by atomic mass is 9.98. The minimum Gasteiger partial charge on any atom is -0.490 e. The lowest BCUT2D eigenvalue weighted by Gasteiger charge is -2.11. The highest BCUT2D eigenvalue weighted by Gasteiger charge is 2.16. The normalized spacial score (nSPS) is 10.9. The van der Waals surface area contributed by atoms with E-state index in [4.69, 9.17) is 4.74 Å². The smallest absolute Gasteiger partial charge is 0.201 e. The van der Waals surface area contributed by atoms with E-state index in [9.17, 15) is 8.78 Å². The molecule has 0 aromatic heterocycles. The molecule has 0 unspecified atom stereocenters. The molecule has 0 amide bonds. The van der Waals surface area contributed by atoms with Crippen LogP contribution in [-0.2, 0) is 6.42 Å². The molecule has 0 atom stereocenters. The van der Waals surface area contributed by atoms with E-state index in [1.165, 1.54) is 30.9 Å². The van der Waals surface area contributed by atoms with E-state index in [2.05, 4.69) is 37.8 Å². The maximum absolute atomic E-state index is 14.8. The molecular formula is C30H34F2O. The Morgan fingerprint density at radius 3 is 2.06 bits per heavy atom. The summed E-state index contributed by atoms with van der Waals surface area (Å²) >= 11 is 0. The van der Waals surface area contributed by atoms with Gasteiger partial charge in [0.1, 0.15) is 0 Å². The van der Waals surface area contributed by atoms with Crippen LogP contribution in [0.1, 0.15) is 57.4 Å². The molecule has 0 N–H and O–H groups in total. The highest BCUT2D eigenvalue weighted by Crippen LogP contribution is 2.31. The monoisotopic (exact) mass is 448 g/mol. The fraction of sp³-hybridized carbons (Fsp3) is 0.333. The summed E-state index contributed by atoms with van der Waals surface area (Å²) in [6.45, 7) is 6.28. The van der Waals surface area contributed by atoms with Crippen LogP contribution in [0.4, 0.5) is 8.78 Å². The Morgan fingerprint density at radius 1 is 0.727 bits per heavy atom. The SMILES string of the molecule is C=CCCCCCOc1ccc(-c2ccc(-c3ccc(CCCCC)cc3)cc2)c(F)c1F. The molecule has 0 spiro atoms. The van der Waals surface area contributed by atoms with Crippen LogP contribution in [0.5, 0.6) is 5.75 Å². The summed E-state index contributed by atoms with van der Waals surface area (Å²) in [7, 11) is 0. The predicted molar refractivity (Wildman–Crippen MR) is 135 cm³/mol. The third-order valence-electron chi connectivity index (χ3n) is 5.91. The first-order chi connectivity index (χ1) is 16.1. The fourth-order valence-corrected chi connectivity index (χ4v) is 3.90. The quantitative estimate of drug-likeness (QED) is 0.187. The van der Waals surface area contributed by atoms with E-state index < -0.39 is 11.6 Å². The van der Waals surface area contributed by atoms with Gasteiger partial charge < -0.3 is 4.74 Å². The molecule has 0 fully saturated rings. The standard InChI is InChI=1S/C30H34F2O/c1-3-5-7-8-10-22-33-28-21-20-27(29(31)30(28)32)26-18-16-25(17-19-26)24-14-12-23(13-15-24)11-9-6-4-2/h3,12-21H,1,4-11,22H2,2H3. The second-order valence-electron chi connectivity index (χ2n) is 8.46. The van der Waals surface area contributed by atoms with Gasteiger partial charge in [-0.2, -0.15) is 4.39 Å². The molecule has 0 bridgehead atoms. The highest BCUT2D eigenvalue weighted by molar-refractivity contribution is 5.71. The van der Waals surface area contributed by atoms with Crippen LogP contribution in [0.15, 0.2) is 73.3 Å². The Bertz CT molecular complexity index is 1010. The minimum atomic E-state index is -0.929. The van der Waals surface area contributed by atoms with Crippen LogP contribution in [-0.4, -0.2) is 6.61 Å². The molecule has 3 aromatic carbocycles. The first-order valence-corrected chi connectivity index (χ1v) is 12.1. The van der Waals surface area contributed by atoms with Gasteiger partial charge in [0.2, 0.25) is 5.82 Å². The van der Waals surface area contributed by atoms with Crippen molar-refractivity contribution in [3.8, 4) is 28.0 Å². The Labute approximate surface area is 197 Å². The van der Waals surface area contributed by atoms with Crippen molar-refractivity contribution in [2.45, 2.75) is 58.3 Å². The predicted octanol–water partition coefficient (Wildman–Crippen LogP) is 9.16. The number of aryl methyl sites for hydroxylation is 1. The highest BCUT2D eigenvalue weighted by atomic mass is 19.2. The number of unbranched alkanes of at least 4 members (excludes halogenated alkanes) is 5. The van der Waals surface area contributed by atoms with Gasteiger partial charge in [0.05, 0.1) is 6.61 Å². The number of hydrogen-bond donors (Lipinski definition) is 0. The first kappa shape index (κ1) is 24.7. The van der Waals surface area contributed by atoms with Crippen molar-refractivity contribution in [3.05, 3.63) is 90.5 Å². The summed E-state index contributed by atoms with van der Waals surface area (Å²) < 4.78 is 34.8. The van der Waals surface area contributed by atoms with Gasteiger partial charge in [0.25, 0.3) is 0 Å². The lowest BCUT2D eigenvalue weighted by molar-refractivity contribution is 0.286. The van der Waals surface area contributed by atoms with Crippen molar-refractivity contribution in [2.24, 2.45) is 0 Å². The second-order valence-corrected chi connectivity index (χ2v) is 8.46. The van der Waals surface area contributed by atoms with E-state index >= 15 is 0 Å². The molecule has 174 valence electrons. The zero-order valence-corrected chi connectivity index (χ0v) is 19.6. The van der Waals surface area contributed by atoms with Crippen LogP contribution in [0.2, 0.25) is 0 Å². The number of ether oxygens (including phenoxy) is 1. The van der Waals surface area contributed by atoms with E-state index in [0.29, 0.717) is 12.2 Å². The first-order valence-electron chi connectivity index (χ1n) is 12.1. The maximum Gasteiger partial charge on any atom is 0.201 e. The molecule has 0 saturated heterocycles. The average Bonchev–Trinajstić information content (AvgIpc) is 2.85. The Hall–Kier alpha value is -2.94. The molecule has 0 aliphatic heterocycles. The van der Waals surface area contributed by atoms with Crippen LogP contribution in [0.3, 0.4) is 0 Å². The molecule has 0 heterocycles. The zero-order chi connectivity index (χ0) is 23.5. The van der Waals surface area contributed by atoms with E-state index in [0.717, 1.165) is 43.2 Å². The van der Waals surface area contributed by atoms with Crippen molar-refractivity contribution in [1.82, 2.24) is 0 Å². The van der Waals surface area contributed by atoms with Gasteiger partial charge in [0, 0.05) is 5.56 Å². The van der Waals surface area contributed by atoms with Crippen molar-refractivity contribution < 1.29 is 13.5 Å². The van der Waals surface area contributed by atoms with Crippen LogP contribution >= 0.6 is 0 Å². The summed E-state index contributed by atoms with van der Waals surface area (Å²) in [6.07, 6.45) is 10.4. The lowest BCUT2D eigenvalue weighted by Crippen LogP contribution is -2.01. The van der Waals surface area contributed by atoms with Gasteiger partial charge in [-0.1, -0.05) is 74.4 Å². The summed E-state index contributed by atoms with van der Waals surface area (Å²) in [5.74, 6) is -1.83. The van der Waals surface area contributed by atoms with Crippen molar-refractivity contribution in [1.29, 1.82) is 0 Å². The number of benzene rings is 3. The molecule has 0 saturated carbocycles. The summed E-state index contributed by atoms with van der Waals surface area (Å²) in [4.78, 5) is 0. The largest absolute Gasteiger partial charge is 0.490 e. The van der Waals surface area contributed by atoms with Gasteiger partial charge in [-0.15, -0.1) is 6.58 Å². The van der Waals surface area contributed by atoms with Gasteiger partial charge in [-0.25, -0.2) is 4.39 Å². The number of allylic oxidation sites excluding steroid dienone is 1. The number of hydrogen-bond acceptors (Lipinski definition) is 1. The van der Waals surface area contributed by atoms with Gasteiger partial charge in [0.15, 0.2) is 11.6 Å². The Morgan fingerprint density at radius 2 is 1.39 bits per heavy atom.